The van der Waals surface area contributed by atoms with E-state index in [1.165, 1.54) is 0 Å². The van der Waals surface area contributed by atoms with E-state index in [0.29, 0.717) is 24.4 Å². The number of hydrogen-bond donors (Lipinski definition) is 2. The van der Waals surface area contributed by atoms with Gasteiger partial charge in [0.1, 0.15) is 11.5 Å². The fourth-order valence-electron chi connectivity index (χ4n) is 2.99. The minimum absolute atomic E-state index is 0.202. The summed E-state index contributed by atoms with van der Waals surface area (Å²) in [6, 6.07) is 12.5. The molecule has 0 aliphatic carbocycles. The van der Waals surface area contributed by atoms with Gasteiger partial charge >= 0.3 is 0 Å². The molecule has 26 heavy (non-hydrogen) atoms. The highest BCUT2D eigenvalue weighted by Gasteiger charge is 2.13. The first-order chi connectivity index (χ1) is 12.7. The molecule has 0 bridgehead atoms. The number of carbonyl (C=O) groups excluding carboxylic acids is 1. The molecule has 2 aromatic heterocycles. The summed E-state index contributed by atoms with van der Waals surface area (Å²) in [5.41, 5.74) is 0.905. The van der Waals surface area contributed by atoms with Crippen LogP contribution in [0.2, 0.25) is 0 Å². The molecule has 1 fully saturated rings. The van der Waals surface area contributed by atoms with Crippen molar-refractivity contribution in [2.75, 3.05) is 36.5 Å². The Labute approximate surface area is 149 Å². The van der Waals surface area contributed by atoms with Gasteiger partial charge in [-0.3, -0.25) is 9.59 Å². The van der Waals surface area contributed by atoms with Gasteiger partial charge < -0.3 is 19.9 Å². The summed E-state index contributed by atoms with van der Waals surface area (Å²) in [5, 5.41) is 3.99. The number of anilines is 2. The smallest absolute Gasteiger partial charge is 0.273 e. The predicted octanol–water partition coefficient (Wildman–Crippen LogP) is 2.01. The third-order valence-corrected chi connectivity index (χ3v) is 4.36. The number of fused-ring (bicyclic) bond motifs is 1. The minimum atomic E-state index is -0.403. The van der Waals surface area contributed by atoms with Crippen molar-refractivity contribution in [1.82, 2.24) is 9.97 Å². The monoisotopic (exact) mass is 350 g/mol. The van der Waals surface area contributed by atoms with E-state index < -0.39 is 5.91 Å². The fraction of sp³-hybridized carbons (Fsp3) is 0.211. The minimum Gasteiger partial charge on any atom is -0.378 e. The standard InChI is InChI=1S/C19H18N4O3/c24-18-15-4-2-1-3-13(15)11-16(21-18)19(25)22-17-6-5-14(12-20-17)23-7-9-26-10-8-23/h1-6,11-12H,7-10H2,(H,21,24)(H,20,22,25). The molecule has 0 atom stereocenters. The quantitative estimate of drug-likeness (QED) is 0.754. The molecule has 0 radical (unpaired) electrons. The lowest BCUT2D eigenvalue weighted by Gasteiger charge is -2.28. The second kappa shape index (κ2) is 6.97. The van der Waals surface area contributed by atoms with E-state index in [1.807, 2.05) is 12.1 Å². The maximum absolute atomic E-state index is 12.4. The molecule has 2 N–H and O–H groups in total. The fourth-order valence-corrected chi connectivity index (χ4v) is 2.99. The lowest BCUT2D eigenvalue weighted by molar-refractivity contribution is 0.102. The van der Waals surface area contributed by atoms with Crippen LogP contribution < -0.4 is 15.8 Å². The summed E-state index contributed by atoms with van der Waals surface area (Å²) in [4.78, 5) is 33.7. The van der Waals surface area contributed by atoms with E-state index in [0.717, 1.165) is 24.2 Å². The molecule has 0 unspecified atom stereocenters. The number of nitrogens with one attached hydrogen (secondary N) is 2. The Bertz CT molecular complexity index is 992. The second-order valence-corrected chi connectivity index (χ2v) is 6.05. The van der Waals surface area contributed by atoms with Crippen molar-refractivity contribution in [3.05, 3.63) is 64.7 Å². The van der Waals surface area contributed by atoms with Crippen LogP contribution in [0.4, 0.5) is 11.5 Å². The molecule has 1 amide bonds. The van der Waals surface area contributed by atoms with Crippen LogP contribution in [0.5, 0.6) is 0 Å². The largest absolute Gasteiger partial charge is 0.378 e. The highest BCUT2D eigenvalue weighted by molar-refractivity contribution is 6.04. The summed E-state index contributed by atoms with van der Waals surface area (Å²) in [5.74, 6) is 0.0282. The van der Waals surface area contributed by atoms with Crippen molar-refractivity contribution in [1.29, 1.82) is 0 Å². The Balaban J connectivity index is 1.52. The van der Waals surface area contributed by atoms with Crippen LogP contribution in [-0.2, 0) is 4.74 Å². The van der Waals surface area contributed by atoms with Crippen LogP contribution in [0.1, 0.15) is 10.5 Å². The number of ether oxygens (including phenoxy) is 1. The lowest BCUT2D eigenvalue weighted by atomic mass is 10.1. The maximum atomic E-state index is 12.4. The van der Waals surface area contributed by atoms with Crippen molar-refractivity contribution in [3.63, 3.8) is 0 Å². The van der Waals surface area contributed by atoms with E-state index in [1.54, 1.807) is 36.5 Å². The molecular weight excluding hydrogens is 332 g/mol. The van der Waals surface area contributed by atoms with Gasteiger partial charge in [-0.15, -0.1) is 0 Å². The molecule has 7 heteroatoms. The molecule has 1 aromatic carbocycles. The van der Waals surface area contributed by atoms with Crippen LogP contribution >= 0.6 is 0 Å². The number of aromatic amines is 1. The third-order valence-electron chi connectivity index (χ3n) is 4.36. The highest BCUT2D eigenvalue weighted by atomic mass is 16.5. The summed E-state index contributed by atoms with van der Waals surface area (Å²) in [6.07, 6.45) is 1.73. The first kappa shape index (κ1) is 16.3. The number of hydrogen-bond acceptors (Lipinski definition) is 5. The van der Waals surface area contributed by atoms with E-state index in [2.05, 4.69) is 20.2 Å². The number of morpholine rings is 1. The normalized spacial score (nSPS) is 14.4. The van der Waals surface area contributed by atoms with Gasteiger partial charge in [-0.25, -0.2) is 4.98 Å². The van der Waals surface area contributed by atoms with Gasteiger partial charge in [0.25, 0.3) is 11.5 Å². The van der Waals surface area contributed by atoms with Crippen LogP contribution in [0.3, 0.4) is 0 Å². The van der Waals surface area contributed by atoms with Crippen molar-refractivity contribution >= 4 is 28.2 Å². The zero-order valence-corrected chi connectivity index (χ0v) is 14.1. The first-order valence-corrected chi connectivity index (χ1v) is 8.43. The molecular formula is C19H18N4O3. The van der Waals surface area contributed by atoms with Gasteiger partial charge in [-0.2, -0.15) is 0 Å². The van der Waals surface area contributed by atoms with Crippen molar-refractivity contribution in [2.24, 2.45) is 0 Å². The van der Waals surface area contributed by atoms with E-state index in [-0.39, 0.29) is 11.3 Å². The van der Waals surface area contributed by atoms with E-state index in [9.17, 15) is 9.59 Å². The van der Waals surface area contributed by atoms with Crippen LogP contribution in [0.15, 0.2) is 53.5 Å². The molecule has 7 nitrogen and oxygen atoms in total. The number of pyridine rings is 2. The zero-order valence-electron chi connectivity index (χ0n) is 14.1. The summed E-state index contributed by atoms with van der Waals surface area (Å²) >= 11 is 0. The van der Waals surface area contributed by atoms with E-state index in [4.69, 9.17) is 4.74 Å². The van der Waals surface area contributed by atoms with Gasteiger partial charge in [-0.05, 0) is 29.7 Å². The van der Waals surface area contributed by atoms with Crippen LogP contribution in [-0.4, -0.2) is 42.2 Å². The van der Waals surface area contributed by atoms with E-state index >= 15 is 0 Å². The van der Waals surface area contributed by atoms with Gasteiger partial charge in [0, 0.05) is 18.5 Å². The number of aromatic nitrogens is 2. The molecule has 4 rings (SSSR count). The molecule has 1 aliphatic heterocycles. The Morgan fingerprint density at radius 3 is 2.73 bits per heavy atom. The Hall–Kier alpha value is -3.19. The predicted molar refractivity (Wildman–Crippen MR) is 99.8 cm³/mol. The van der Waals surface area contributed by atoms with Gasteiger partial charge in [0.15, 0.2) is 0 Å². The van der Waals surface area contributed by atoms with Gasteiger partial charge in [-0.1, -0.05) is 18.2 Å². The van der Waals surface area contributed by atoms with Gasteiger partial charge in [0.05, 0.1) is 25.1 Å². The summed E-state index contributed by atoms with van der Waals surface area (Å²) in [6.45, 7) is 3.05. The molecule has 1 saturated heterocycles. The number of H-pyrrole nitrogens is 1. The maximum Gasteiger partial charge on any atom is 0.273 e. The number of amides is 1. The molecule has 1 aliphatic rings. The Kier molecular flexibility index (Phi) is 4.37. The van der Waals surface area contributed by atoms with Crippen LogP contribution in [0.25, 0.3) is 10.8 Å². The molecule has 0 spiro atoms. The summed E-state index contributed by atoms with van der Waals surface area (Å²) in [7, 11) is 0. The average molecular weight is 350 g/mol. The Morgan fingerprint density at radius 2 is 1.96 bits per heavy atom. The molecule has 3 aromatic rings. The number of rotatable bonds is 3. The highest BCUT2D eigenvalue weighted by Crippen LogP contribution is 2.17. The topological polar surface area (TPSA) is 87.3 Å². The third kappa shape index (κ3) is 3.29. The summed E-state index contributed by atoms with van der Waals surface area (Å²) < 4.78 is 5.34. The molecule has 0 saturated carbocycles. The zero-order chi connectivity index (χ0) is 17.9. The lowest BCUT2D eigenvalue weighted by Crippen LogP contribution is -2.36. The first-order valence-electron chi connectivity index (χ1n) is 8.43. The SMILES string of the molecule is O=C(Nc1ccc(N2CCOCC2)cn1)c1cc2ccccc2c(=O)[nH]1. The van der Waals surface area contributed by atoms with Crippen molar-refractivity contribution < 1.29 is 9.53 Å². The Morgan fingerprint density at radius 1 is 1.15 bits per heavy atom. The van der Waals surface area contributed by atoms with Crippen molar-refractivity contribution in [2.45, 2.75) is 0 Å². The molecule has 3 heterocycles. The average Bonchev–Trinajstić information content (AvgIpc) is 2.69. The molecule has 132 valence electrons. The number of nitrogens with zero attached hydrogens (tertiary/aromatic N) is 2. The number of carbonyl (C=O) groups is 1. The van der Waals surface area contributed by atoms with Crippen molar-refractivity contribution in [3.8, 4) is 0 Å². The number of benzene rings is 1. The second-order valence-electron chi connectivity index (χ2n) is 6.05. The van der Waals surface area contributed by atoms with Crippen LogP contribution in [0, 0.1) is 0 Å². The van der Waals surface area contributed by atoms with Gasteiger partial charge in [0.2, 0.25) is 0 Å².